The molecule has 2 fully saturated rings. The maximum atomic E-state index is 13.5. The van der Waals surface area contributed by atoms with E-state index in [-0.39, 0.29) is 23.9 Å². The fourth-order valence-electron chi connectivity index (χ4n) is 5.43. The molecular weight excluding hydrogens is 559 g/mol. The van der Waals surface area contributed by atoms with Crippen molar-refractivity contribution < 1.29 is 18.8 Å². The molecule has 11 heteroatoms. The number of nitrogens with two attached hydrogens (primary N) is 1. The van der Waals surface area contributed by atoms with Crippen molar-refractivity contribution in [3.05, 3.63) is 88.5 Å². The molecule has 0 spiro atoms. The molecule has 1 aromatic heterocycles. The summed E-state index contributed by atoms with van der Waals surface area (Å²) in [6.07, 6.45) is 5.56. The summed E-state index contributed by atoms with van der Waals surface area (Å²) in [5.41, 5.74) is 8.39. The Hall–Kier alpha value is -4.02. The van der Waals surface area contributed by atoms with Crippen molar-refractivity contribution in [3.8, 4) is 0 Å². The van der Waals surface area contributed by atoms with Crippen LogP contribution < -0.4 is 21.3 Å². The van der Waals surface area contributed by atoms with E-state index in [2.05, 4.69) is 20.5 Å². The highest BCUT2D eigenvalue weighted by Gasteiger charge is 2.25. The Labute approximate surface area is 249 Å². The van der Waals surface area contributed by atoms with Gasteiger partial charge in [-0.15, -0.1) is 0 Å². The average molecular weight is 593 g/mol. The van der Waals surface area contributed by atoms with Gasteiger partial charge in [0, 0.05) is 55.6 Å². The molecule has 0 bridgehead atoms. The third kappa shape index (κ3) is 7.24. The van der Waals surface area contributed by atoms with Crippen LogP contribution >= 0.6 is 11.6 Å². The lowest BCUT2D eigenvalue weighted by Crippen LogP contribution is -2.40. The standard InChI is InChI=1S/C31H34ClFN6O3/c32-28-13-5-22(19-35-28)31(42)39-15-1-14-38(16-17-39)27-12-4-21(30(41)36-25-10-8-24(34)9-11-25)18-26(27)37-29(40)20-2-6-23(33)7-3-20/h2-7,12-13,18-19,24-25H,1,8-11,14-17,34H2,(H,36,41)(H,37,40). The van der Waals surface area contributed by atoms with E-state index in [4.69, 9.17) is 17.3 Å². The highest BCUT2D eigenvalue weighted by atomic mass is 35.5. The highest BCUT2D eigenvalue weighted by molar-refractivity contribution is 6.29. The van der Waals surface area contributed by atoms with E-state index < -0.39 is 11.7 Å². The van der Waals surface area contributed by atoms with Crippen molar-refractivity contribution in [2.45, 2.75) is 44.2 Å². The van der Waals surface area contributed by atoms with Crippen LogP contribution in [0.15, 0.2) is 60.8 Å². The van der Waals surface area contributed by atoms with Gasteiger partial charge < -0.3 is 26.2 Å². The molecule has 1 saturated carbocycles. The number of amides is 3. The van der Waals surface area contributed by atoms with Gasteiger partial charge in [0.15, 0.2) is 0 Å². The van der Waals surface area contributed by atoms with Crippen LogP contribution in [0.5, 0.6) is 0 Å². The highest BCUT2D eigenvalue weighted by Crippen LogP contribution is 2.30. The molecule has 4 N–H and O–H groups in total. The Balaban J connectivity index is 1.36. The van der Waals surface area contributed by atoms with Gasteiger partial charge in [-0.1, -0.05) is 11.6 Å². The van der Waals surface area contributed by atoms with Gasteiger partial charge in [0.2, 0.25) is 0 Å². The van der Waals surface area contributed by atoms with Gasteiger partial charge in [-0.25, -0.2) is 9.37 Å². The van der Waals surface area contributed by atoms with Crippen LogP contribution in [-0.2, 0) is 0 Å². The first-order valence-corrected chi connectivity index (χ1v) is 14.6. The van der Waals surface area contributed by atoms with Gasteiger partial charge >= 0.3 is 0 Å². The van der Waals surface area contributed by atoms with Crippen LogP contribution in [0, 0.1) is 5.82 Å². The Bertz CT molecular complexity index is 1430. The van der Waals surface area contributed by atoms with Crippen LogP contribution in [-0.4, -0.2) is 65.9 Å². The van der Waals surface area contributed by atoms with E-state index in [0.717, 1.165) is 31.4 Å². The number of anilines is 2. The van der Waals surface area contributed by atoms with E-state index >= 15 is 0 Å². The van der Waals surface area contributed by atoms with Crippen LogP contribution in [0.1, 0.15) is 63.2 Å². The van der Waals surface area contributed by atoms with E-state index in [0.29, 0.717) is 60.1 Å². The summed E-state index contributed by atoms with van der Waals surface area (Å²) < 4.78 is 13.5. The third-order valence-corrected chi connectivity index (χ3v) is 8.04. The molecule has 0 atom stereocenters. The van der Waals surface area contributed by atoms with Crippen molar-refractivity contribution in [1.29, 1.82) is 0 Å². The van der Waals surface area contributed by atoms with Gasteiger partial charge in [0.05, 0.1) is 16.9 Å². The number of nitrogens with zero attached hydrogens (tertiary/aromatic N) is 3. The molecule has 0 unspecified atom stereocenters. The Morgan fingerprint density at radius 1 is 0.857 bits per heavy atom. The predicted octanol–water partition coefficient (Wildman–Crippen LogP) is 4.48. The van der Waals surface area contributed by atoms with Crippen molar-refractivity contribution in [2.24, 2.45) is 5.73 Å². The zero-order valence-electron chi connectivity index (χ0n) is 23.2. The lowest BCUT2D eigenvalue weighted by molar-refractivity contribution is 0.0766. The summed E-state index contributed by atoms with van der Waals surface area (Å²) in [5.74, 6) is -1.20. The van der Waals surface area contributed by atoms with E-state index in [1.807, 2.05) is 6.07 Å². The number of aromatic nitrogens is 1. The number of hydrogen-bond acceptors (Lipinski definition) is 6. The minimum Gasteiger partial charge on any atom is -0.368 e. The second kappa shape index (κ2) is 13.3. The first-order valence-electron chi connectivity index (χ1n) is 14.2. The molecule has 5 rings (SSSR count). The molecule has 9 nitrogen and oxygen atoms in total. The quantitative estimate of drug-likeness (QED) is 0.363. The summed E-state index contributed by atoms with van der Waals surface area (Å²) in [6, 6.07) is 14.0. The fraction of sp³-hybridized carbons (Fsp3) is 0.355. The molecule has 1 aliphatic heterocycles. The largest absolute Gasteiger partial charge is 0.368 e. The predicted molar refractivity (Wildman–Crippen MR) is 160 cm³/mol. The van der Waals surface area contributed by atoms with Crippen LogP contribution in [0.2, 0.25) is 5.15 Å². The SMILES string of the molecule is NC1CCC(NC(=O)c2ccc(N3CCCN(C(=O)c4ccc(Cl)nc4)CC3)c(NC(=O)c3ccc(F)cc3)c2)CC1. The van der Waals surface area contributed by atoms with Crippen molar-refractivity contribution >= 4 is 40.7 Å². The number of nitrogens with one attached hydrogen (secondary N) is 2. The van der Waals surface area contributed by atoms with Gasteiger partial charge in [0.25, 0.3) is 17.7 Å². The maximum absolute atomic E-state index is 13.5. The second-order valence-electron chi connectivity index (χ2n) is 10.8. The summed E-state index contributed by atoms with van der Waals surface area (Å²) in [4.78, 5) is 47.3. The molecular formula is C31H34ClFN6O3. The topological polar surface area (TPSA) is 121 Å². The first-order chi connectivity index (χ1) is 20.3. The first kappa shape index (κ1) is 29.5. The molecule has 2 aromatic carbocycles. The van der Waals surface area contributed by atoms with E-state index in [9.17, 15) is 18.8 Å². The minimum atomic E-state index is -0.437. The van der Waals surface area contributed by atoms with Crippen LogP contribution in [0.4, 0.5) is 15.8 Å². The summed E-state index contributed by atoms with van der Waals surface area (Å²) in [6.45, 7) is 2.16. The minimum absolute atomic E-state index is 0.0548. The fourth-order valence-corrected chi connectivity index (χ4v) is 5.54. The zero-order chi connectivity index (χ0) is 29.6. The van der Waals surface area contributed by atoms with Gasteiger partial charge in [0.1, 0.15) is 11.0 Å². The molecule has 2 aliphatic rings. The lowest BCUT2D eigenvalue weighted by atomic mass is 9.91. The maximum Gasteiger partial charge on any atom is 0.255 e. The Morgan fingerprint density at radius 2 is 1.57 bits per heavy atom. The number of benzene rings is 2. The lowest BCUT2D eigenvalue weighted by Gasteiger charge is -2.28. The molecule has 1 saturated heterocycles. The number of hydrogen-bond donors (Lipinski definition) is 3. The van der Waals surface area contributed by atoms with Crippen LogP contribution in [0.25, 0.3) is 0 Å². The smallest absolute Gasteiger partial charge is 0.255 e. The number of rotatable bonds is 6. The third-order valence-electron chi connectivity index (χ3n) is 7.82. The van der Waals surface area contributed by atoms with E-state index in [1.165, 1.54) is 30.5 Å². The van der Waals surface area contributed by atoms with Crippen LogP contribution in [0.3, 0.4) is 0 Å². The Kier molecular flexibility index (Phi) is 9.34. The zero-order valence-corrected chi connectivity index (χ0v) is 23.9. The number of carbonyl (C=O) groups excluding carboxylic acids is 3. The molecule has 2 heterocycles. The molecule has 42 heavy (non-hydrogen) atoms. The number of pyridine rings is 1. The summed E-state index contributed by atoms with van der Waals surface area (Å²) >= 11 is 5.88. The van der Waals surface area contributed by atoms with E-state index in [1.54, 1.807) is 29.2 Å². The van der Waals surface area contributed by atoms with Gasteiger partial charge in [-0.05, 0) is 86.7 Å². The molecule has 1 aliphatic carbocycles. The van der Waals surface area contributed by atoms with Crippen molar-refractivity contribution in [3.63, 3.8) is 0 Å². The van der Waals surface area contributed by atoms with Gasteiger partial charge in [-0.3, -0.25) is 14.4 Å². The number of carbonyl (C=O) groups is 3. The molecule has 0 radical (unpaired) electrons. The molecule has 3 amide bonds. The number of halogens is 2. The second-order valence-corrected chi connectivity index (χ2v) is 11.2. The average Bonchev–Trinajstić information content (AvgIpc) is 3.25. The normalized spacial score (nSPS) is 19.1. The summed E-state index contributed by atoms with van der Waals surface area (Å²) in [7, 11) is 0. The van der Waals surface area contributed by atoms with Crippen molar-refractivity contribution in [2.75, 3.05) is 36.4 Å². The monoisotopic (exact) mass is 592 g/mol. The summed E-state index contributed by atoms with van der Waals surface area (Å²) in [5, 5.41) is 6.36. The Morgan fingerprint density at radius 3 is 2.29 bits per heavy atom. The van der Waals surface area contributed by atoms with Crippen molar-refractivity contribution in [1.82, 2.24) is 15.2 Å². The molecule has 220 valence electrons. The molecule has 3 aromatic rings. The van der Waals surface area contributed by atoms with Gasteiger partial charge in [-0.2, -0.15) is 0 Å².